The number of carbonyl (C=O) groups is 1. The van der Waals surface area contributed by atoms with Crippen LogP contribution in [0.5, 0.6) is 5.75 Å². The van der Waals surface area contributed by atoms with Crippen molar-refractivity contribution in [2.75, 3.05) is 11.9 Å². The molecule has 6 nitrogen and oxygen atoms in total. The van der Waals surface area contributed by atoms with Crippen LogP contribution >= 0.6 is 56.5 Å². The summed E-state index contributed by atoms with van der Waals surface area (Å²) < 4.78 is 7.40. The molecular formula is C27H20I2N4O2S. The van der Waals surface area contributed by atoms with Crippen molar-refractivity contribution in [2.24, 2.45) is 5.10 Å². The number of ether oxygens (including phenoxy) is 1. The van der Waals surface area contributed by atoms with E-state index in [2.05, 4.69) is 91.0 Å². The van der Waals surface area contributed by atoms with Gasteiger partial charge in [-0.05, 0) is 94.1 Å². The molecule has 9 heteroatoms. The Morgan fingerprint density at radius 3 is 2.50 bits per heavy atom. The van der Waals surface area contributed by atoms with Gasteiger partial charge < -0.3 is 10.1 Å². The highest BCUT2D eigenvalue weighted by Gasteiger charge is 2.10. The lowest BCUT2D eigenvalue weighted by molar-refractivity contribution is 0.0955. The third-order valence-electron chi connectivity index (χ3n) is 4.95. The molecule has 2 N–H and O–H groups in total. The minimum absolute atomic E-state index is 0.211. The molecule has 0 saturated carbocycles. The predicted molar refractivity (Wildman–Crippen MR) is 163 cm³/mol. The van der Waals surface area contributed by atoms with Gasteiger partial charge in [-0.2, -0.15) is 5.10 Å². The van der Waals surface area contributed by atoms with Gasteiger partial charge in [0.1, 0.15) is 12.4 Å². The van der Waals surface area contributed by atoms with Crippen LogP contribution in [0.25, 0.3) is 11.3 Å². The van der Waals surface area contributed by atoms with E-state index in [4.69, 9.17) is 11.2 Å². The Hall–Kier alpha value is -2.95. The summed E-state index contributed by atoms with van der Waals surface area (Å²) in [5.41, 5.74) is 7.90. The standard InChI is InChI=1S/C27H20I2N4O2S/c1-3-12-35-25-22(28)13-18(14-23(25)29)15-30-33-26(34)20-8-6-19(7-9-20)24-16-36-27(32-24)31-21-10-4-17(2)5-11-21/h1,4-11,13-16H,12H2,2H3,(H,31,32)(H,33,34)/b30-15-. The molecule has 0 spiro atoms. The number of carbonyl (C=O) groups excluding carboxylic acids is 1. The fraction of sp³-hybridized carbons (Fsp3) is 0.0741. The molecule has 0 atom stereocenters. The molecule has 0 bridgehead atoms. The van der Waals surface area contributed by atoms with Gasteiger partial charge in [0.25, 0.3) is 5.91 Å². The number of halogens is 2. The van der Waals surface area contributed by atoms with Crippen LogP contribution in [0, 0.1) is 26.4 Å². The Labute approximate surface area is 240 Å². The quantitative estimate of drug-likeness (QED) is 0.0906. The second-order valence-corrected chi connectivity index (χ2v) is 10.8. The number of hydrogen-bond acceptors (Lipinski definition) is 6. The molecule has 3 aromatic carbocycles. The van der Waals surface area contributed by atoms with Crippen LogP contribution in [0.15, 0.2) is 71.1 Å². The van der Waals surface area contributed by atoms with Crippen molar-refractivity contribution in [1.82, 2.24) is 10.4 Å². The predicted octanol–water partition coefficient (Wildman–Crippen LogP) is 6.85. The SMILES string of the molecule is C#CCOc1c(I)cc(/C=N\NC(=O)c2ccc(-c3csc(Nc4ccc(C)cc4)n3)cc2)cc1I. The molecule has 4 rings (SSSR count). The Balaban J connectivity index is 1.36. The van der Waals surface area contributed by atoms with Gasteiger partial charge in [0, 0.05) is 22.2 Å². The van der Waals surface area contributed by atoms with Crippen molar-refractivity contribution in [3.05, 3.63) is 89.9 Å². The van der Waals surface area contributed by atoms with Crippen LogP contribution in [0.1, 0.15) is 21.5 Å². The first-order valence-corrected chi connectivity index (χ1v) is 13.7. The van der Waals surface area contributed by atoms with E-state index in [1.807, 2.05) is 41.8 Å². The number of benzene rings is 3. The maximum atomic E-state index is 12.5. The lowest BCUT2D eigenvalue weighted by Crippen LogP contribution is -2.17. The highest BCUT2D eigenvalue weighted by atomic mass is 127. The summed E-state index contributed by atoms with van der Waals surface area (Å²) in [5.74, 6) is 2.91. The van der Waals surface area contributed by atoms with Crippen LogP contribution in [0.2, 0.25) is 0 Å². The van der Waals surface area contributed by atoms with Gasteiger partial charge in [0.05, 0.1) is 19.0 Å². The van der Waals surface area contributed by atoms with E-state index in [1.54, 1.807) is 18.3 Å². The van der Waals surface area contributed by atoms with E-state index < -0.39 is 0 Å². The van der Waals surface area contributed by atoms with Crippen LogP contribution in [-0.2, 0) is 0 Å². The Morgan fingerprint density at radius 2 is 1.83 bits per heavy atom. The summed E-state index contributed by atoms with van der Waals surface area (Å²) in [6.45, 7) is 2.27. The molecular weight excluding hydrogens is 698 g/mol. The van der Waals surface area contributed by atoms with E-state index >= 15 is 0 Å². The number of nitrogens with zero attached hydrogens (tertiary/aromatic N) is 2. The number of hydrogen-bond donors (Lipinski definition) is 2. The van der Waals surface area contributed by atoms with Crippen LogP contribution in [0.3, 0.4) is 0 Å². The second kappa shape index (κ2) is 12.3. The summed E-state index contributed by atoms with van der Waals surface area (Å²) in [5, 5.41) is 10.2. The first-order valence-electron chi connectivity index (χ1n) is 10.7. The number of rotatable bonds is 8. The number of amides is 1. The van der Waals surface area contributed by atoms with Crippen molar-refractivity contribution in [3.63, 3.8) is 0 Å². The largest absolute Gasteiger partial charge is 0.479 e. The third kappa shape index (κ3) is 6.83. The minimum atomic E-state index is -0.295. The topological polar surface area (TPSA) is 75.6 Å². The number of anilines is 2. The van der Waals surface area contributed by atoms with E-state index in [1.165, 1.54) is 16.9 Å². The van der Waals surface area contributed by atoms with Crippen molar-refractivity contribution >= 4 is 79.5 Å². The molecule has 0 fully saturated rings. The summed E-state index contributed by atoms with van der Waals surface area (Å²) in [6.07, 6.45) is 6.87. The number of nitrogens with one attached hydrogen (secondary N) is 2. The van der Waals surface area contributed by atoms with E-state index in [0.29, 0.717) is 5.56 Å². The Morgan fingerprint density at radius 1 is 1.14 bits per heavy atom. The fourth-order valence-corrected chi connectivity index (χ4v) is 6.02. The molecule has 0 saturated heterocycles. The maximum absolute atomic E-state index is 12.5. The fourth-order valence-electron chi connectivity index (χ4n) is 3.15. The van der Waals surface area contributed by atoms with E-state index in [9.17, 15) is 4.79 Å². The highest BCUT2D eigenvalue weighted by molar-refractivity contribution is 14.1. The van der Waals surface area contributed by atoms with Crippen LogP contribution in [0.4, 0.5) is 10.8 Å². The molecule has 0 unspecified atom stereocenters. The average molecular weight is 718 g/mol. The van der Waals surface area contributed by atoms with Gasteiger partial charge in [-0.15, -0.1) is 17.8 Å². The van der Waals surface area contributed by atoms with Gasteiger partial charge in [-0.3, -0.25) is 4.79 Å². The molecule has 0 aliphatic heterocycles. The van der Waals surface area contributed by atoms with Crippen molar-refractivity contribution in [3.8, 4) is 29.4 Å². The molecule has 180 valence electrons. The van der Waals surface area contributed by atoms with Gasteiger partial charge in [-0.1, -0.05) is 35.7 Å². The zero-order valence-electron chi connectivity index (χ0n) is 19.1. The lowest BCUT2D eigenvalue weighted by atomic mass is 10.1. The summed E-state index contributed by atoms with van der Waals surface area (Å²) in [6, 6.07) is 19.3. The van der Waals surface area contributed by atoms with Crippen LogP contribution < -0.4 is 15.5 Å². The maximum Gasteiger partial charge on any atom is 0.271 e. The molecule has 0 aliphatic rings. The van der Waals surface area contributed by atoms with Crippen molar-refractivity contribution < 1.29 is 9.53 Å². The highest BCUT2D eigenvalue weighted by Crippen LogP contribution is 2.29. The van der Waals surface area contributed by atoms with Gasteiger partial charge in [0.15, 0.2) is 5.13 Å². The third-order valence-corrected chi connectivity index (χ3v) is 7.31. The molecule has 0 aliphatic carbocycles. The molecule has 1 heterocycles. The lowest BCUT2D eigenvalue weighted by Gasteiger charge is -2.08. The number of aromatic nitrogens is 1. The zero-order valence-corrected chi connectivity index (χ0v) is 24.2. The Kier molecular flexibility index (Phi) is 8.95. The summed E-state index contributed by atoms with van der Waals surface area (Å²) in [4.78, 5) is 17.2. The number of hydrazone groups is 1. The molecule has 4 aromatic rings. The molecule has 1 amide bonds. The number of thiazole rings is 1. The first-order chi connectivity index (χ1) is 17.4. The van der Waals surface area contributed by atoms with E-state index in [0.717, 1.165) is 40.5 Å². The van der Waals surface area contributed by atoms with E-state index in [-0.39, 0.29) is 12.5 Å². The Bertz CT molecular complexity index is 1420. The van der Waals surface area contributed by atoms with Gasteiger partial charge in [0.2, 0.25) is 0 Å². The normalized spacial score (nSPS) is 10.7. The average Bonchev–Trinajstić information content (AvgIpc) is 3.33. The summed E-state index contributed by atoms with van der Waals surface area (Å²) in [7, 11) is 0. The second-order valence-electron chi connectivity index (χ2n) is 7.61. The minimum Gasteiger partial charge on any atom is -0.479 e. The van der Waals surface area contributed by atoms with Crippen LogP contribution in [-0.4, -0.2) is 23.7 Å². The molecule has 0 radical (unpaired) electrons. The van der Waals surface area contributed by atoms with Crippen molar-refractivity contribution in [1.29, 1.82) is 0 Å². The van der Waals surface area contributed by atoms with Crippen molar-refractivity contribution in [2.45, 2.75) is 6.92 Å². The first kappa shape index (κ1) is 26.1. The molecule has 1 aromatic heterocycles. The van der Waals surface area contributed by atoms with Gasteiger partial charge in [-0.25, -0.2) is 10.4 Å². The molecule has 36 heavy (non-hydrogen) atoms. The monoisotopic (exact) mass is 718 g/mol. The van der Waals surface area contributed by atoms with Gasteiger partial charge >= 0.3 is 0 Å². The zero-order chi connectivity index (χ0) is 25.5. The number of aryl methyl sites for hydroxylation is 1. The smallest absolute Gasteiger partial charge is 0.271 e. The number of terminal acetylenes is 1. The summed E-state index contributed by atoms with van der Waals surface area (Å²) >= 11 is 5.90.